The molecular weight excluding hydrogens is 505 g/mol. The molecule has 1 N–H and O–H groups in total. The zero-order valence-electron chi connectivity index (χ0n) is 21.2. The van der Waals surface area contributed by atoms with Crippen LogP contribution in [0.3, 0.4) is 0 Å². The van der Waals surface area contributed by atoms with Crippen LogP contribution in [0.25, 0.3) is 0 Å². The molecule has 0 saturated carbocycles. The monoisotopic (exact) mass is 535 g/mol. The molecule has 4 rings (SSSR count). The number of benzene rings is 4. The smallest absolute Gasteiger partial charge is 0.415 e. The Morgan fingerprint density at radius 3 is 1.54 bits per heavy atom. The van der Waals surface area contributed by atoms with Gasteiger partial charge in [-0.2, -0.15) is 4.72 Å². The third-order valence-corrected chi connectivity index (χ3v) is 10.4. The van der Waals surface area contributed by atoms with E-state index in [1.54, 1.807) is 105 Å². The van der Waals surface area contributed by atoms with Gasteiger partial charge >= 0.3 is 7.60 Å². The van der Waals surface area contributed by atoms with E-state index in [1.165, 1.54) is 6.92 Å². The number of hydrogen-bond acceptors (Lipinski definition) is 5. The van der Waals surface area contributed by atoms with E-state index in [0.717, 1.165) is 5.56 Å². The number of para-hydroxylation sites is 2. The van der Waals surface area contributed by atoms with E-state index in [4.69, 9.17) is 9.05 Å². The first kappa shape index (κ1) is 26.7. The van der Waals surface area contributed by atoms with Crippen LogP contribution < -0.4 is 13.8 Å². The molecule has 0 heterocycles. The second-order valence-electron chi connectivity index (χ2n) is 9.08. The highest BCUT2D eigenvalue weighted by molar-refractivity contribution is 7.90. The van der Waals surface area contributed by atoms with Crippen molar-refractivity contribution in [2.75, 3.05) is 0 Å². The first-order chi connectivity index (χ1) is 17.5. The van der Waals surface area contributed by atoms with Crippen LogP contribution in [0.2, 0.25) is 0 Å². The molecule has 4 aromatic rings. The number of nitrogens with one attached hydrogen (secondary N) is 1. The molecule has 0 bridgehead atoms. The maximum absolute atomic E-state index is 14.9. The van der Waals surface area contributed by atoms with Crippen molar-refractivity contribution in [1.82, 2.24) is 4.72 Å². The molecule has 37 heavy (non-hydrogen) atoms. The fourth-order valence-corrected chi connectivity index (χ4v) is 8.56. The van der Waals surface area contributed by atoms with Crippen LogP contribution in [-0.2, 0) is 19.9 Å². The molecule has 1 atom stereocenters. The average Bonchev–Trinajstić information content (AvgIpc) is 2.84. The molecule has 0 spiro atoms. The predicted octanol–water partition coefficient (Wildman–Crippen LogP) is 7.11. The van der Waals surface area contributed by atoms with Gasteiger partial charge in [-0.05, 0) is 68.7 Å². The average molecular weight is 536 g/mol. The Balaban J connectivity index is 1.92. The van der Waals surface area contributed by atoms with Crippen LogP contribution in [0, 0.1) is 20.8 Å². The summed E-state index contributed by atoms with van der Waals surface area (Å²) in [6.45, 7) is 6.93. The summed E-state index contributed by atoms with van der Waals surface area (Å²) in [4.78, 5) is 0.131. The first-order valence-electron chi connectivity index (χ1n) is 11.8. The van der Waals surface area contributed by atoms with E-state index >= 15 is 0 Å². The summed E-state index contributed by atoms with van der Waals surface area (Å²) < 4.78 is 57.8. The summed E-state index contributed by atoms with van der Waals surface area (Å²) >= 11 is 0. The zero-order chi connectivity index (χ0) is 26.7. The highest BCUT2D eigenvalue weighted by atomic mass is 32.2. The standard InChI is InChI=1S/C29H30NO5PS/c1-22-20-23(2)28(24(3)21-22)37(32,33)30-29(4,25-14-8-5-9-15-25)36(31,34-26-16-10-6-11-17-26)35-27-18-12-7-13-19-27/h5-21,30H,1-4H3/t29-/m1/s1. The summed E-state index contributed by atoms with van der Waals surface area (Å²) in [6.07, 6.45) is 0. The van der Waals surface area contributed by atoms with Gasteiger partial charge in [-0.3, -0.25) is 0 Å². The van der Waals surface area contributed by atoms with Crippen LogP contribution in [-0.4, -0.2) is 8.42 Å². The van der Waals surface area contributed by atoms with E-state index in [1.807, 2.05) is 19.1 Å². The maximum atomic E-state index is 14.9. The van der Waals surface area contributed by atoms with Crippen molar-refractivity contribution in [3.63, 3.8) is 0 Å². The minimum absolute atomic E-state index is 0.131. The van der Waals surface area contributed by atoms with Crippen LogP contribution >= 0.6 is 7.60 Å². The predicted molar refractivity (Wildman–Crippen MR) is 147 cm³/mol. The van der Waals surface area contributed by atoms with Crippen LogP contribution in [0.1, 0.15) is 29.2 Å². The Morgan fingerprint density at radius 2 is 1.11 bits per heavy atom. The molecule has 6 nitrogen and oxygen atoms in total. The molecule has 0 fully saturated rings. The lowest BCUT2D eigenvalue weighted by atomic mass is 10.1. The molecule has 0 aliphatic carbocycles. The second kappa shape index (κ2) is 10.5. The SMILES string of the molecule is Cc1cc(C)c(S(=O)(=O)N[C@@](C)(c2ccccc2)P(=O)(Oc2ccccc2)Oc2ccccc2)c(C)c1. The molecule has 0 unspecified atom stereocenters. The van der Waals surface area contributed by atoms with Crippen molar-refractivity contribution in [3.05, 3.63) is 125 Å². The largest absolute Gasteiger partial charge is 0.455 e. The number of rotatable bonds is 9. The Morgan fingerprint density at radius 1 is 0.703 bits per heavy atom. The van der Waals surface area contributed by atoms with Crippen LogP contribution in [0.4, 0.5) is 0 Å². The topological polar surface area (TPSA) is 81.7 Å². The van der Waals surface area contributed by atoms with Gasteiger partial charge < -0.3 is 9.05 Å². The Labute approximate surface area is 218 Å². The third kappa shape index (κ3) is 5.64. The van der Waals surface area contributed by atoms with Gasteiger partial charge in [0, 0.05) is 0 Å². The van der Waals surface area contributed by atoms with Gasteiger partial charge in [-0.15, -0.1) is 0 Å². The van der Waals surface area contributed by atoms with Gasteiger partial charge in [0.1, 0.15) is 11.5 Å². The molecule has 0 radical (unpaired) electrons. The van der Waals surface area contributed by atoms with E-state index in [9.17, 15) is 13.0 Å². The van der Waals surface area contributed by atoms with Crippen molar-refractivity contribution >= 4 is 17.6 Å². The van der Waals surface area contributed by atoms with Crippen molar-refractivity contribution in [2.45, 2.75) is 37.9 Å². The molecule has 0 saturated heterocycles. The quantitative estimate of drug-likeness (QED) is 0.231. The van der Waals surface area contributed by atoms with Crippen molar-refractivity contribution in [1.29, 1.82) is 0 Å². The number of aryl methyl sites for hydroxylation is 3. The number of sulfonamides is 1. The Kier molecular flexibility index (Phi) is 7.60. The van der Waals surface area contributed by atoms with Gasteiger partial charge in [-0.1, -0.05) is 84.4 Å². The van der Waals surface area contributed by atoms with E-state index < -0.39 is 22.9 Å². The molecule has 0 amide bonds. The minimum atomic E-state index is -4.35. The third-order valence-electron chi connectivity index (χ3n) is 6.03. The van der Waals surface area contributed by atoms with Crippen molar-refractivity contribution in [2.24, 2.45) is 0 Å². The summed E-state index contributed by atoms with van der Waals surface area (Å²) in [5, 5.41) is -1.80. The lowest BCUT2D eigenvalue weighted by Gasteiger charge is -2.37. The molecule has 4 aromatic carbocycles. The number of hydrogen-bond donors (Lipinski definition) is 1. The zero-order valence-corrected chi connectivity index (χ0v) is 22.9. The van der Waals surface area contributed by atoms with Crippen LogP contribution in [0.15, 0.2) is 108 Å². The molecule has 192 valence electrons. The summed E-state index contributed by atoms with van der Waals surface area (Å²) in [5.41, 5.74) is 2.55. The molecule has 8 heteroatoms. The Hall–Kier alpha value is -3.38. The minimum Gasteiger partial charge on any atom is -0.415 e. The fourth-order valence-electron chi connectivity index (χ4n) is 4.38. The normalized spacial score (nSPS) is 13.5. The summed E-state index contributed by atoms with van der Waals surface area (Å²) in [6, 6.07) is 29.5. The van der Waals surface area contributed by atoms with Gasteiger partial charge in [-0.25, -0.2) is 13.0 Å². The van der Waals surface area contributed by atoms with E-state index in [2.05, 4.69) is 4.72 Å². The van der Waals surface area contributed by atoms with E-state index in [-0.39, 0.29) is 16.4 Å². The molecule has 0 aromatic heterocycles. The van der Waals surface area contributed by atoms with Gasteiger partial charge in [0.05, 0.1) is 4.90 Å². The molecule has 0 aliphatic rings. The van der Waals surface area contributed by atoms with Gasteiger partial charge in [0.2, 0.25) is 10.0 Å². The van der Waals surface area contributed by atoms with E-state index in [0.29, 0.717) is 16.7 Å². The highest BCUT2D eigenvalue weighted by Crippen LogP contribution is 2.63. The lowest BCUT2D eigenvalue weighted by Crippen LogP contribution is -2.45. The molecular formula is C29H30NO5PS. The molecule has 0 aliphatic heterocycles. The van der Waals surface area contributed by atoms with Gasteiger partial charge in [0.15, 0.2) is 5.28 Å². The van der Waals surface area contributed by atoms with Crippen molar-refractivity contribution < 1.29 is 22.0 Å². The lowest BCUT2D eigenvalue weighted by molar-refractivity contribution is 0.337. The highest BCUT2D eigenvalue weighted by Gasteiger charge is 2.54. The summed E-state index contributed by atoms with van der Waals surface area (Å²) in [7, 11) is -8.55. The second-order valence-corrected chi connectivity index (χ2v) is 13.0. The maximum Gasteiger partial charge on any atom is 0.455 e. The van der Waals surface area contributed by atoms with Gasteiger partial charge in [0.25, 0.3) is 0 Å². The van der Waals surface area contributed by atoms with Crippen molar-refractivity contribution in [3.8, 4) is 11.5 Å². The summed E-state index contributed by atoms with van der Waals surface area (Å²) in [5.74, 6) is 0.566. The fraction of sp³-hybridized carbons (Fsp3) is 0.172. The first-order valence-corrected chi connectivity index (χ1v) is 14.8. The Bertz CT molecular complexity index is 1460. The van der Waals surface area contributed by atoms with Crippen LogP contribution in [0.5, 0.6) is 11.5 Å².